The molecule has 1 aromatic heterocycles. The lowest BCUT2D eigenvalue weighted by Crippen LogP contribution is -2.14. The SMILES string of the molecule is CCOC(=O)C(C)c1nc2ccc(O)cc2[nH]1. The van der Waals surface area contributed by atoms with E-state index in [1.807, 2.05) is 0 Å². The lowest BCUT2D eigenvalue weighted by Gasteiger charge is -2.06. The maximum atomic E-state index is 11.6. The number of carbonyl (C=O) groups excluding carboxylic acids is 1. The molecule has 5 heteroatoms. The van der Waals surface area contributed by atoms with Crippen molar-refractivity contribution in [1.29, 1.82) is 0 Å². The summed E-state index contributed by atoms with van der Waals surface area (Å²) in [5.41, 5.74) is 1.42. The van der Waals surface area contributed by atoms with Crippen molar-refractivity contribution in [2.45, 2.75) is 19.8 Å². The molecule has 0 saturated carbocycles. The summed E-state index contributed by atoms with van der Waals surface area (Å²) in [5, 5.41) is 9.33. The fourth-order valence-electron chi connectivity index (χ4n) is 1.60. The summed E-state index contributed by atoms with van der Waals surface area (Å²) in [6.45, 7) is 3.85. The summed E-state index contributed by atoms with van der Waals surface area (Å²) in [6.07, 6.45) is 0. The van der Waals surface area contributed by atoms with E-state index in [1.54, 1.807) is 32.0 Å². The molecule has 0 radical (unpaired) electrons. The Morgan fingerprint density at radius 3 is 3.06 bits per heavy atom. The number of rotatable bonds is 3. The van der Waals surface area contributed by atoms with Gasteiger partial charge in [-0.3, -0.25) is 4.79 Å². The van der Waals surface area contributed by atoms with Gasteiger partial charge in [-0.1, -0.05) is 0 Å². The van der Waals surface area contributed by atoms with E-state index in [0.29, 0.717) is 23.5 Å². The Kier molecular flexibility index (Phi) is 2.99. The molecular formula is C12H14N2O3. The number of ether oxygens (including phenoxy) is 1. The first-order valence-corrected chi connectivity index (χ1v) is 5.47. The first-order valence-electron chi connectivity index (χ1n) is 5.47. The van der Waals surface area contributed by atoms with Crippen molar-refractivity contribution in [2.75, 3.05) is 6.61 Å². The van der Waals surface area contributed by atoms with Crippen molar-refractivity contribution in [2.24, 2.45) is 0 Å². The van der Waals surface area contributed by atoms with Gasteiger partial charge in [0.25, 0.3) is 0 Å². The molecule has 0 aliphatic heterocycles. The molecule has 1 unspecified atom stereocenters. The molecule has 0 fully saturated rings. The van der Waals surface area contributed by atoms with Gasteiger partial charge in [-0.05, 0) is 26.0 Å². The van der Waals surface area contributed by atoms with Crippen LogP contribution >= 0.6 is 0 Å². The topological polar surface area (TPSA) is 75.2 Å². The Labute approximate surface area is 98.4 Å². The maximum Gasteiger partial charge on any atom is 0.316 e. The monoisotopic (exact) mass is 234 g/mol. The Hall–Kier alpha value is -2.04. The van der Waals surface area contributed by atoms with Crippen molar-refractivity contribution >= 4 is 17.0 Å². The highest BCUT2D eigenvalue weighted by molar-refractivity contribution is 5.81. The molecule has 5 nitrogen and oxygen atoms in total. The van der Waals surface area contributed by atoms with E-state index in [1.165, 1.54) is 0 Å². The van der Waals surface area contributed by atoms with Crippen LogP contribution in [0.15, 0.2) is 18.2 Å². The average molecular weight is 234 g/mol. The first kappa shape index (κ1) is 11.4. The zero-order valence-corrected chi connectivity index (χ0v) is 9.73. The smallest absolute Gasteiger partial charge is 0.316 e. The number of aromatic hydroxyl groups is 1. The molecule has 0 aliphatic rings. The van der Waals surface area contributed by atoms with E-state index in [-0.39, 0.29) is 11.7 Å². The van der Waals surface area contributed by atoms with Crippen LogP contribution in [0.1, 0.15) is 25.6 Å². The number of aromatic amines is 1. The minimum Gasteiger partial charge on any atom is -0.508 e. The van der Waals surface area contributed by atoms with Crippen molar-refractivity contribution in [3.63, 3.8) is 0 Å². The van der Waals surface area contributed by atoms with Crippen molar-refractivity contribution in [3.8, 4) is 5.75 Å². The number of nitrogens with one attached hydrogen (secondary N) is 1. The summed E-state index contributed by atoms with van der Waals surface area (Å²) in [7, 11) is 0. The van der Waals surface area contributed by atoms with E-state index in [2.05, 4.69) is 9.97 Å². The van der Waals surface area contributed by atoms with E-state index in [0.717, 1.165) is 0 Å². The number of imidazole rings is 1. The Balaban J connectivity index is 2.33. The summed E-state index contributed by atoms with van der Waals surface area (Å²) >= 11 is 0. The predicted octanol–water partition coefficient (Wildman–Crippen LogP) is 1.94. The Morgan fingerprint density at radius 1 is 1.59 bits per heavy atom. The molecular weight excluding hydrogens is 220 g/mol. The average Bonchev–Trinajstić information content (AvgIpc) is 2.71. The van der Waals surface area contributed by atoms with Gasteiger partial charge in [0.05, 0.1) is 17.6 Å². The van der Waals surface area contributed by atoms with Gasteiger partial charge in [0.15, 0.2) is 0 Å². The third-order valence-electron chi connectivity index (χ3n) is 2.53. The number of esters is 1. The van der Waals surface area contributed by atoms with Crippen LogP contribution in [0.4, 0.5) is 0 Å². The number of hydrogen-bond donors (Lipinski definition) is 2. The summed E-state index contributed by atoms with van der Waals surface area (Å²) in [4.78, 5) is 18.8. The van der Waals surface area contributed by atoms with E-state index >= 15 is 0 Å². The van der Waals surface area contributed by atoms with Gasteiger partial charge in [0.1, 0.15) is 17.5 Å². The summed E-state index contributed by atoms with van der Waals surface area (Å²) < 4.78 is 4.93. The number of H-pyrrole nitrogens is 1. The minimum absolute atomic E-state index is 0.163. The molecule has 1 aromatic carbocycles. The van der Waals surface area contributed by atoms with Crippen molar-refractivity contribution in [1.82, 2.24) is 9.97 Å². The number of benzene rings is 1. The van der Waals surface area contributed by atoms with Crippen LogP contribution in [0.2, 0.25) is 0 Å². The second-order valence-corrected chi connectivity index (χ2v) is 3.80. The largest absolute Gasteiger partial charge is 0.508 e. The fourth-order valence-corrected chi connectivity index (χ4v) is 1.60. The standard InChI is InChI=1S/C12H14N2O3/c1-3-17-12(16)7(2)11-13-9-5-4-8(15)6-10(9)14-11/h4-7,15H,3H2,1-2H3,(H,13,14). The lowest BCUT2D eigenvalue weighted by atomic mass is 10.2. The van der Waals surface area contributed by atoms with Gasteiger partial charge in [-0.15, -0.1) is 0 Å². The predicted molar refractivity (Wildman–Crippen MR) is 62.8 cm³/mol. The van der Waals surface area contributed by atoms with Crippen LogP contribution in [0.5, 0.6) is 5.75 Å². The first-order chi connectivity index (χ1) is 8.11. The second kappa shape index (κ2) is 4.45. The molecule has 1 atom stereocenters. The molecule has 1 heterocycles. The Morgan fingerprint density at radius 2 is 2.35 bits per heavy atom. The van der Waals surface area contributed by atoms with Crippen molar-refractivity contribution < 1.29 is 14.6 Å². The van der Waals surface area contributed by atoms with Crippen LogP contribution < -0.4 is 0 Å². The number of carbonyl (C=O) groups is 1. The molecule has 0 spiro atoms. The van der Waals surface area contributed by atoms with E-state index < -0.39 is 5.92 Å². The van der Waals surface area contributed by atoms with Crippen LogP contribution in [0.3, 0.4) is 0 Å². The third kappa shape index (κ3) is 2.22. The maximum absolute atomic E-state index is 11.6. The Bertz CT molecular complexity index is 548. The highest BCUT2D eigenvalue weighted by atomic mass is 16.5. The van der Waals surface area contributed by atoms with Gasteiger partial charge in [-0.25, -0.2) is 4.98 Å². The van der Waals surface area contributed by atoms with Crippen LogP contribution in [0.25, 0.3) is 11.0 Å². The zero-order valence-electron chi connectivity index (χ0n) is 9.73. The normalized spacial score (nSPS) is 12.6. The van der Waals surface area contributed by atoms with Crippen LogP contribution in [-0.2, 0) is 9.53 Å². The number of hydrogen-bond acceptors (Lipinski definition) is 4. The molecule has 0 amide bonds. The number of phenols is 1. The van der Waals surface area contributed by atoms with E-state index in [9.17, 15) is 9.90 Å². The molecule has 2 N–H and O–H groups in total. The number of fused-ring (bicyclic) bond motifs is 1. The van der Waals surface area contributed by atoms with Gasteiger partial charge in [0, 0.05) is 6.07 Å². The van der Waals surface area contributed by atoms with Gasteiger partial charge in [0.2, 0.25) is 0 Å². The summed E-state index contributed by atoms with van der Waals surface area (Å²) in [5.74, 6) is -0.0409. The lowest BCUT2D eigenvalue weighted by molar-refractivity contribution is -0.144. The van der Waals surface area contributed by atoms with Crippen LogP contribution in [-0.4, -0.2) is 27.7 Å². The summed E-state index contributed by atoms with van der Waals surface area (Å²) in [6, 6.07) is 4.83. The molecule has 2 rings (SSSR count). The molecule has 17 heavy (non-hydrogen) atoms. The second-order valence-electron chi connectivity index (χ2n) is 3.80. The molecule has 0 bridgehead atoms. The van der Waals surface area contributed by atoms with Gasteiger partial charge in [-0.2, -0.15) is 0 Å². The van der Waals surface area contributed by atoms with E-state index in [4.69, 9.17) is 4.74 Å². The molecule has 2 aromatic rings. The molecule has 0 saturated heterocycles. The molecule has 0 aliphatic carbocycles. The number of aromatic nitrogens is 2. The quantitative estimate of drug-likeness (QED) is 0.796. The van der Waals surface area contributed by atoms with Crippen molar-refractivity contribution in [3.05, 3.63) is 24.0 Å². The molecule has 90 valence electrons. The fraction of sp³-hybridized carbons (Fsp3) is 0.333. The van der Waals surface area contributed by atoms with Gasteiger partial charge < -0.3 is 14.8 Å². The minimum atomic E-state index is -0.440. The highest BCUT2D eigenvalue weighted by Crippen LogP contribution is 2.21. The highest BCUT2D eigenvalue weighted by Gasteiger charge is 2.19. The third-order valence-corrected chi connectivity index (χ3v) is 2.53. The zero-order chi connectivity index (χ0) is 12.4. The number of phenolic OH excluding ortho intramolecular Hbond substituents is 1. The van der Waals surface area contributed by atoms with Crippen LogP contribution in [0, 0.1) is 0 Å². The number of nitrogens with zero attached hydrogens (tertiary/aromatic N) is 1. The van der Waals surface area contributed by atoms with Gasteiger partial charge >= 0.3 is 5.97 Å².